The Morgan fingerprint density at radius 1 is 1.53 bits per heavy atom. The second-order valence-electron chi connectivity index (χ2n) is 3.07. The topological polar surface area (TPSA) is 61.1 Å². The van der Waals surface area contributed by atoms with Gasteiger partial charge in [-0.3, -0.25) is 0 Å². The average Bonchev–Trinajstić information content (AvgIpc) is 2.26. The van der Waals surface area contributed by atoms with E-state index in [1.807, 2.05) is 13.0 Å². The van der Waals surface area contributed by atoms with Crippen molar-refractivity contribution in [2.24, 2.45) is 0 Å². The predicted molar refractivity (Wildman–Crippen MR) is 60.1 cm³/mol. The van der Waals surface area contributed by atoms with Crippen LogP contribution in [0.5, 0.6) is 0 Å². The van der Waals surface area contributed by atoms with Gasteiger partial charge in [0.25, 0.3) is 0 Å². The SMILES string of the molecule is CCc1cc(C(=O)O)c(C#N)cc1CBr. The van der Waals surface area contributed by atoms with Gasteiger partial charge in [0, 0.05) is 5.33 Å². The first kappa shape index (κ1) is 11.7. The summed E-state index contributed by atoms with van der Waals surface area (Å²) in [4.78, 5) is 10.9. The third-order valence-corrected chi connectivity index (χ3v) is 2.82. The Labute approximate surface area is 96.5 Å². The van der Waals surface area contributed by atoms with E-state index >= 15 is 0 Å². The molecule has 0 unspecified atom stereocenters. The van der Waals surface area contributed by atoms with Crippen LogP contribution in [-0.2, 0) is 11.8 Å². The Morgan fingerprint density at radius 2 is 2.20 bits per heavy atom. The molecule has 15 heavy (non-hydrogen) atoms. The molecule has 1 aromatic carbocycles. The zero-order chi connectivity index (χ0) is 11.4. The van der Waals surface area contributed by atoms with Crippen molar-refractivity contribution in [1.82, 2.24) is 0 Å². The minimum atomic E-state index is -1.05. The molecule has 0 aromatic heterocycles. The number of aromatic carboxylic acids is 1. The number of carboxylic acids is 1. The summed E-state index contributed by atoms with van der Waals surface area (Å²) in [5.74, 6) is -1.05. The molecule has 0 amide bonds. The lowest BCUT2D eigenvalue weighted by atomic mass is 9.98. The van der Waals surface area contributed by atoms with Crippen LogP contribution >= 0.6 is 15.9 Å². The second-order valence-corrected chi connectivity index (χ2v) is 3.63. The van der Waals surface area contributed by atoms with Gasteiger partial charge in [-0.25, -0.2) is 4.79 Å². The number of benzene rings is 1. The molecule has 0 radical (unpaired) electrons. The van der Waals surface area contributed by atoms with Crippen molar-refractivity contribution < 1.29 is 9.90 Å². The van der Waals surface area contributed by atoms with Gasteiger partial charge < -0.3 is 5.11 Å². The second kappa shape index (κ2) is 4.94. The van der Waals surface area contributed by atoms with Crippen LogP contribution in [-0.4, -0.2) is 11.1 Å². The fourth-order valence-corrected chi connectivity index (χ4v) is 1.93. The minimum absolute atomic E-state index is 0.0825. The summed E-state index contributed by atoms with van der Waals surface area (Å²) >= 11 is 3.32. The van der Waals surface area contributed by atoms with E-state index in [1.165, 1.54) is 0 Å². The number of carbonyl (C=O) groups is 1. The lowest BCUT2D eigenvalue weighted by Gasteiger charge is -2.07. The Kier molecular flexibility index (Phi) is 3.87. The fourth-order valence-electron chi connectivity index (χ4n) is 1.41. The summed E-state index contributed by atoms with van der Waals surface area (Å²) in [5, 5.41) is 18.4. The molecule has 1 N–H and O–H groups in total. The van der Waals surface area contributed by atoms with Gasteiger partial charge in [-0.2, -0.15) is 5.26 Å². The number of aryl methyl sites for hydroxylation is 1. The van der Waals surface area contributed by atoms with E-state index in [9.17, 15) is 4.79 Å². The van der Waals surface area contributed by atoms with Crippen molar-refractivity contribution in [3.63, 3.8) is 0 Å². The highest BCUT2D eigenvalue weighted by atomic mass is 79.9. The lowest BCUT2D eigenvalue weighted by Crippen LogP contribution is -2.03. The summed E-state index contributed by atoms with van der Waals surface area (Å²) in [6.45, 7) is 1.96. The summed E-state index contributed by atoms with van der Waals surface area (Å²) in [7, 11) is 0. The molecule has 0 aliphatic carbocycles. The predicted octanol–water partition coefficient (Wildman–Crippen LogP) is 2.71. The molecule has 78 valence electrons. The van der Waals surface area contributed by atoms with E-state index in [0.717, 1.165) is 17.5 Å². The molecule has 0 aliphatic heterocycles. The van der Waals surface area contributed by atoms with Crippen LogP contribution in [0.1, 0.15) is 34.0 Å². The molecule has 0 saturated carbocycles. The smallest absolute Gasteiger partial charge is 0.337 e. The standard InChI is InChI=1S/C11H10BrNO2/c1-2-7-4-10(11(14)15)9(6-13)3-8(7)5-12/h3-4H,2,5H2,1H3,(H,14,15). The van der Waals surface area contributed by atoms with Crippen molar-refractivity contribution in [2.75, 3.05) is 0 Å². The maximum Gasteiger partial charge on any atom is 0.337 e. The van der Waals surface area contributed by atoms with E-state index < -0.39 is 5.97 Å². The van der Waals surface area contributed by atoms with Gasteiger partial charge >= 0.3 is 5.97 Å². The molecule has 4 heteroatoms. The van der Waals surface area contributed by atoms with Gasteiger partial charge in [0.05, 0.1) is 11.1 Å². The molecule has 0 bridgehead atoms. The molecule has 0 heterocycles. The third kappa shape index (κ3) is 2.37. The Bertz CT molecular complexity index is 435. The maximum absolute atomic E-state index is 10.9. The van der Waals surface area contributed by atoms with Crippen LogP contribution in [0.25, 0.3) is 0 Å². The van der Waals surface area contributed by atoms with Crippen LogP contribution in [0.3, 0.4) is 0 Å². The molecular formula is C11H10BrNO2. The number of hydrogen-bond acceptors (Lipinski definition) is 2. The number of halogens is 1. The monoisotopic (exact) mass is 267 g/mol. The molecule has 0 saturated heterocycles. The van der Waals surface area contributed by atoms with Crippen molar-refractivity contribution in [1.29, 1.82) is 5.26 Å². The normalized spacial score (nSPS) is 9.67. The number of nitriles is 1. The van der Waals surface area contributed by atoms with E-state index in [-0.39, 0.29) is 11.1 Å². The van der Waals surface area contributed by atoms with Crippen molar-refractivity contribution in [2.45, 2.75) is 18.7 Å². The molecule has 3 nitrogen and oxygen atoms in total. The van der Waals surface area contributed by atoms with E-state index in [4.69, 9.17) is 10.4 Å². The molecule has 0 fully saturated rings. The third-order valence-electron chi connectivity index (χ3n) is 2.22. The van der Waals surface area contributed by atoms with Crippen LogP contribution in [0.15, 0.2) is 12.1 Å². The summed E-state index contributed by atoms with van der Waals surface area (Å²) in [6.07, 6.45) is 0.757. The van der Waals surface area contributed by atoms with Crippen molar-refractivity contribution >= 4 is 21.9 Å². The number of carboxylic acid groups (broad SMARTS) is 1. The Hall–Kier alpha value is -1.34. The lowest BCUT2D eigenvalue weighted by molar-refractivity contribution is 0.0696. The van der Waals surface area contributed by atoms with Crippen LogP contribution in [0.2, 0.25) is 0 Å². The maximum atomic E-state index is 10.9. The highest BCUT2D eigenvalue weighted by molar-refractivity contribution is 9.08. The van der Waals surface area contributed by atoms with Gasteiger partial charge in [-0.15, -0.1) is 0 Å². The van der Waals surface area contributed by atoms with Gasteiger partial charge in [0.1, 0.15) is 6.07 Å². The average molecular weight is 268 g/mol. The molecule has 0 spiro atoms. The summed E-state index contributed by atoms with van der Waals surface area (Å²) in [6, 6.07) is 5.12. The first-order valence-corrected chi connectivity index (χ1v) is 5.61. The quantitative estimate of drug-likeness (QED) is 0.857. The zero-order valence-corrected chi connectivity index (χ0v) is 9.84. The fraction of sp³-hybridized carbons (Fsp3) is 0.273. The first-order valence-electron chi connectivity index (χ1n) is 4.49. The van der Waals surface area contributed by atoms with Gasteiger partial charge in [-0.1, -0.05) is 22.9 Å². The molecule has 1 aromatic rings. The van der Waals surface area contributed by atoms with Crippen LogP contribution in [0, 0.1) is 11.3 Å². The summed E-state index contributed by atoms with van der Waals surface area (Å²) in [5.41, 5.74) is 2.23. The van der Waals surface area contributed by atoms with E-state index in [0.29, 0.717) is 5.33 Å². The Balaban J connectivity index is 3.42. The zero-order valence-electron chi connectivity index (χ0n) is 8.25. The van der Waals surface area contributed by atoms with E-state index in [1.54, 1.807) is 12.1 Å². The van der Waals surface area contributed by atoms with Crippen molar-refractivity contribution in [3.8, 4) is 6.07 Å². The van der Waals surface area contributed by atoms with Crippen molar-refractivity contribution in [3.05, 3.63) is 34.4 Å². The van der Waals surface area contributed by atoms with Crippen LogP contribution < -0.4 is 0 Å². The first-order chi connectivity index (χ1) is 7.13. The minimum Gasteiger partial charge on any atom is -0.478 e. The summed E-state index contributed by atoms with van der Waals surface area (Å²) < 4.78 is 0. The largest absolute Gasteiger partial charge is 0.478 e. The highest BCUT2D eigenvalue weighted by Crippen LogP contribution is 2.19. The number of hydrogen-bond donors (Lipinski definition) is 1. The van der Waals surface area contributed by atoms with Gasteiger partial charge in [0.2, 0.25) is 0 Å². The molecule has 1 rings (SSSR count). The van der Waals surface area contributed by atoms with E-state index in [2.05, 4.69) is 15.9 Å². The number of alkyl halides is 1. The van der Waals surface area contributed by atoms with Gasteiger partial charge in [-0.05, 0) is 29.7 Å². The molecule has 0 aliphatic rings. The number of nitrogens with zero attached hydrogens (tertiary/aromatic N) is 1. The molecular weight excluding hydrogens is 258 g/mol. The Morgan fingerprint density at radius 3 is 2.60 bits per heavy atom. The number of rotatable bonds is 3. The molecule has 0 atom stereocenters. The highest BCUT2D eigenvalue weighted by Gasteiger charge is 2.13. The van der Waals surface area contributed by atoms with Crippen LogP contribution in [0.4, 0.5) is 0 Å². The van der Waals surface area contributed by atoms with Gasteiger partial charge in [0.15, 0.2) is 0 Å².